The second kappa shape index (κ2) is 6.59. The van der Waals surface area contributed by atoms with E-state index < -0.39 is 5.97 Å². The molecule has 0 aliphatic rings. The lowest BCUT2D eigenvalue weighted by molar-refractivity contribution is -0.133. The molecule has 1 aromatic rings. The monoisotopic (exact) mass is 249 g/mol. The van der Waals surface area contributed by atoms with Gasteiger partial charge in [0.1, 0.15) is 0 Å². The van der Waals surface area contributed by atoms with Gasteiger partial charge in [0.25, 0.3) is 0 Å². The molecule has 1 heterocycles. The molecule has 8 heteroatoms. The van der Waals surface area contributed by atoms with Crippen LogP contribution in [-0.4, -0.2) is 47.3 Å². The first kappa shape index (κ1) is 12.2. The van der Waals surface area contributed by atoms with Crippen molar-refractivity contribution in [2.45, 2.75) is 4.34 Å². The summed E-state index contributed by atoms with van der Waals surface area (Å²) in [7, 11) is 1.62. The number of hydrogen-bond acceptors (Lipinski definition) is 7. The minimum absolute atomic E-state index is 0.00665. The summed E-state index contributed by atoms with van der Waals surface area (Å²) in [5.74, 6) is -0.851. The predicted molar refractivity (Wildman–Crippen MR) is 58.6 cm³/mol. The van der Waals surface area contributed by atoms with Crippen LogP contribution in [-0.2, 0) is 9.53 Å². The highest BCUT2D eigenvalue weighted by Crippen LogP contribution is 2.24. The van der Waals surface area contributed by atoms with Crippen molar-refractivity contribution in [1.29, 1.82) is 0 Å². The fraction of sp³-hybridized carbons (Fsp3) is 0.571. The van der Waals surface area contributed by atoms with Crippen LogP contribution in [0.3, 0.4) is 0 Å². The molecular formula is C7H11N3O3S2. The number of ether oxygens (including phenoxy) is 1. The normalized spacial score (nSPS) is 10.2. The van der Waals surface area contributed by atoms with Crippen molar-refractivity contribution in [3.8, 4) is 0 Å². The van der Waals surface area contributed by atoms with Gasteiger partial charge in [-0.2, -0.15) is 0 Å². The molecule has 6 nitrogen and oxygen atoms in total. The topological polar surface area (TPSA) is 84.3 Å². The number of hydrogen-bond donors (Lipinski definition) is 2. The van der Waals surface area contributed by atoms with Crippen molar-refractivity contribution in [1.82, 2.24) is 10.2 Å². The van der Waals surface area contributed by atoms with Crippen molar-refractivity contribution < 1.29 is 14.6 Å². The molecule has 0 aliphatic carbocycles. The van der Waals surface area contributed by atoms with Crippen LogP contribution in [0.15, 0.2) is 4.34 Å². The lowest BCUT2D eigenvalue weighted by Crippen LogP contribution is -2.06. The summed E-state index contributed by atoms with van der Waals surface area (Å²) < 4.78 is 5.51. The average molecular weight is 249 g/mol. The fourth-order valence-corrected chi connectivity index (χ4v) is 2.22. The van der Waals surface area contributed by atoms with E-state index in [1.807, 2.05) is 0 Å². The highest BCUT2D eigenvalue weighted by molar-refractivity contribution is 8.01. The van der Waals surface area contributed by atoms with Gasteiger partial charge in [-0.3, -0.25) is 4.79 Å². The maximum absolute atomic E-state index is 10.3. The Kier molecular flexibility index (Phi) is 5.37. The molecule has 15 heavy (non-hydrogen) atoms. The Balaban J connectivity index is 2.32. The van der Waals surface area contributed by atoms with Crippen molar-refractivity contribution in [3.63, 3.8) is 0 Å². The largest absolute Gasteiger partial charge is 0.481 e. The summed E-state index contributed by atoms with van der Waals surface area (Å²) in [6.07, 6.45) is 0. The van der Waals surface area contributed by atoms with Gasteiger partial charge in [-0.25, -0.2) is 0 Å². The molecule has 0 aromatic carbocycles. The van der Waals surface area contributed by atoms with E-state index in [0.29, 0.717) is 22.6 Å². The quantitative estimate of drug-likeness (QED) is 0.545. The SMILES string of the molecule is COCCNc1nnc(SCC(=O)O)s1. The van der Waals surface area contributed by atoms with Crippen LogP contribution in [0.1, 0.15) is 0 Å². The first-order valence-corrected chi connectivity index (χ1v) is 5.93. The number of aromatic nitrogens is 2. The molecule has 0 atom stereocenters. The zero-order chi connectivity index (χ0) is 11.1. The number of carbonyl (C=O) groups is 1. The second-order valence-corrected chi connectivity index (χ2v) is 4.68. The average Bonchev–Trinajstić information content (AvgIpc) is 2.63. The molecule has 0 spiro atoms. The van der Waals surface area contributed by atoms with E-state index in [4.69, 9.17) is 9.84 Å². The van der Waals surface area contributed by atoms with Crippen LogP contribution in [0.2, 0.25) is 0 Å². The molecule has 0 bridgehead atoms. The summed E-state index contributed by atoms with van der Waals surface area (Å²) in [4.78, 5) is 10.3. The molecule has 0 unspecified atom stereocenters. The number of methoxy groups -OCH3 is 1. The van der Waals surface area contributed by atoms with Gasteiger partial charge in [0, 0.05) is 13.7 Å². The number of anilines is 1. The van der Waals surface area contributed by atoms with E-state index in [-0.39, 0.29) is 5.75 Å². The van der Waals surface area contributed by atoms with Gasteiger partial charge < -0.3 is 15.2 Å². The number of carboxylic acids is 1. The van der Waals surface area contributed by atoms with Gasteiger partial charge in [-0.1, -0.05) is 23.1 Å². The van der Waals surface area contributed by atoms with Crippen molar-refractivity contribution in [2.24, 2.45) is 0 Å². The summed E-state index contributed by atoms with van der Waals surface area (Å²) in [6, 6.07) is 0. The standard InChI is InChI=1S/C7H11N3O3S2/c1-13-3-2-8-6-9-10-7(15-6)14-4-5(11)12/h2-4H2,1H3,(H,8,9)(H,11,12). The molecule has 0 aliphatic heterocycles. The number of carboxylic acid groups (broad SMARTS) is 1. The van der Waals surface area contributed by atoms with Crippen molar-refractivity contribution >= 4 is 34.2 Å². The second-order valence-electron chi connectivity index (χ2n) is 2.48. The third-order valence-corrected chi connectivity index (χ3v) is 3.31. The van der Waals surface area contributed by atoms with Crippen LogP contribution in [0.25, 0.3) is 0 Å². The molecule has 0 saturated carbocycles. The molecule has 2 N–H and O–H groups in total. The van der Waals surface area contributed by atoms with E-state index in [1.165, 1.54) is 11.3 Å². The van der Waals surface area contributed by atoms with E-state index in [0.717, 1.165) is 11.8 Å². The fourth-order valence-electron chi connectivity index (χ4n) is 0.723. The molecule has 1 rings (SSSR count). The summed E-state index contributed by atoms with van der Waals surface area (Å²) in [5.41, 5.74) is 0. The minimum atomic E-state index is -0.857. The van der Waals surface area contributed by atoms with Crippen molar-refractivity contribution in [3.05, 3.63) is 0 Å². The van der Waals surface area contributed by atoms with Gasteiger partial charge in [0.15, 0.2) is 4.34 Å². The van der Waals surface area contributed by atoms with Crippen LogP contribution >= 0.6 is 23.1 Å². The van der Waals surface area contributed by atoms with E-state index >= 15 is 0 Å². The summed E-state index contributed by atoms with van der Waals surface area (Å²) >= 11 is 2.50. The molecule has 0 fully saturated rings. The maximum atomic E-state index is 10.3. The molecular weight excluding hydrogens is 238 g/mol. The first-order chi connectivity index (χ1) is 7.22. The van der Waals surface area contributed by atoms with Crippen LogP contribution in [0.5, 0.6) is 0 Å². The Morgan fingerprint density at radius 3 is 3.13 bits per heavy atom. The highest BCUT2D eigenvalue weighted by Gasteiger charge is 2.06. The molecule has 0 amide bonds. The number of aliphatic carboxylic acids is 1. The molecule has 84 valence electrons. The Hall–Kier alpha value is -0.860. The molecule has 0 saturated heterocycles. The van der Waals surface area contributed by atoms with Gasteiger partial charge in [0.05, 0.1) is 12.4 Å². The van der Waals surface area contributed by atoms with Crippen LogP contribution < -0.4 is 5.32 Å². The minimum Gasteiger partial charge on any atom is -0.481 e. The Bertz CT molecular complexity index is 318. The van der Waals surface area contributed by atoms with Crippen LogP contribution in [0, 0.1) is 0 Å². The third kappa shape index (κ3) is 4.96. The summed E-state index contributed by atoms with van der Waals surface area (Å²) in [5, 5.41) is 19.8. The molecule has 1 aromatic heterocycles. The van der Waals surface area contributed by atoms with Gasteiger partial charge in [-0.05, 0) is 0 Å². The van der Waals surface area contributed by atoms with Gasteiger partial charge in [0.2, 0.25) is 5.13 Å². The third-order valence-electron chi connectivity index (χ3n) is 1.31. The Labute approximate surface area is 95.0 Å². The van der Waals surface area contributed by atoms with Crippen molar-refractivity contribution in [2.75, 3.05) is 31.3 Å². The lowest BCUT2D eigenvalue weighted by atomic mass is 10.7. The van der Waals surface area contributed by atoms with E-state index in [2.05, 4.69) is 15.5 Å². The van der Waals surface area contributed by atoms with E-state index in [9.17, 15) is 4.79 Å². The lowest BCUT2D eigenvalue weighted by Gasteiger charge is -1.98. The number of nitrogens with one attached hydrogen (secondary N) is 1. The zero-order valence-electron chi connectivity index (χ0n) is 8.10. The Morgan fingerprint density at radius 2 is 2.47 bits per heavy atom. The zero-order valence-corrected chi connectivity index (χ0v) is 9.73. The van der Waals surface area contributed by atoms with Gasteiger partial charge in [-0.15, -0.1) is 10.2 Å². The maximum Gasteiger partial charge on any atom is 0.313 e. The Morgan fingerprint density at radius 1 is 1.67 bits per heavy atom. The van der Waals surface area contributed by atoms with Crippen LogP contribution in [0.4, 0.5) is 5.13 Å². The number of thioether (sulfide) groups is 1. The van der Waals surface area contributed by atoms with Gasteiger partial charge >= 0.3 is 5.97 Å². The predicted octanol–water partition coefficient (Wildman–Crippen LogP) is 0.773. The highest BCUT2D eigenvalue weighted by atomic mass is 32.2. The number of rotatable bonds is 7. The first-order valence-electron chi connectivity index (χ1n) is 4.13. The van der Waals surface area contributed by atoms with E-state index in [1.54, 1.807) is 7.11 Å². The molecule has 0 radical (unpaired) electrons. The number of nitrogens with zero attached hydrogens (tertiary/aromatic N) is 2. The smallest absolute Gasteiger partial charge is 0.313 e. The summed E-state index contributed by atoms with van der Waals surface area (Å²) in [6.45, 7) is 1.26.